The van der Waals surface area contributed by atoms with Crippen molar-refractivity contribution in [2.24, 2.45) is 0 Å². The average Bonchev–Trinajstić information content (AvgIpc) is 3.16. The van der Waals surface area contributed by atoms with Crippen LogP contribution in [0.5, 0.6) is 5.75 Å². The first-order valence-electron chi connectivity index (χ1n) is 9.05. The average molecular weight is 392 g/mol. The molecule has 0 spiro atoms. The largest absolute Gasteiger partial charge is 0.573 e. The number of carbonyl (C=O) groups excluding carboxylic acids is 1. The van der Waals surface area contributed by atoms with Crippen LogP contribution in [-0.4, -0.2) is 36.4 Å². The van der Waals surface area contributed by atoms with Gasteiger partial charge in [0, 0.05) is 24.4 Å². The number of ether oxygens (including phenoxy) is 2. The van der Waals surface area contributed by atoms with Crippen LogP contribution in [0, 0.1) is 0 Å². The lowest BCUT2D eigenvalue weighted by atomic mass is 10.0. The Balaban J connectivity index is 1.74. The lowest BCUT2D eigenvalue weighted by Crippen LogP contribution is -2.46. The van der Waals surface area contributed by atoms with E-state index in [0.29, 0.717) is 17.9 Å². The number of hydrogen-bond donors (Lipinski definition) is 1. The Hall–Kier alpha value is -2.74. The summed E-state index contributed by atoms with van der Waals surface area (Å²) in [6.07, 6.45) is -4.07. The molecule has 2 aliphatic heterocycles. The first-order valence-corrected chi connectivity index (χ1v) is 9.05. The highest BCUT2D eigenvalue weighted by Gasteiger charge is 2.38. The molecule has 2 aromatic rings. The summed E-state index contributed by atoms with van der Waals surface area (Å²) in [4.78, 5) is 14.7. The van der Waals surface area contributed by atoms with Gasteiger partial charge in [-0.15, -0.1) is 13.2 Å². The summed E-state index contributed by atoms with van der Waals surface area (Å²) in [5.41, 5.74) is 1.29. The van der Waals surface area contributed by atoms with Gasteiger partial charge in [-0.3, -0.25) is 4.79 Å². The molecule has 2 aliphatic rings. The second-order valence-electron chi connectivity index (χ2n) is 6.77. The third kappa shape index (κ3) is 3.77. The number of amides is 1. The standard InChI is InChI=1S/C20H19F3N2O3/c21-20(22,23)28-17-10-4-2-8-15(17)18-24-16-9-3-1-7-14(16)19(26)25(18)12-13-6-5-11-27-13/h1-4,7-10,13,18,24H,5-6,11-12H2/t13-,18-/m0/s1. The summed E-state index contributed by atoms with van der Waals surface area (Å²) in [5.74, 6) is -0.589. The van der Waals surface area contributed by atoms with E-state index < -0.39 is 12.5 Å². The predicted molar refractivity (Wildman–Crippen MR) is 95.9 cm³/mol. The molecule has 8 heteroatoms. The topological polar surface area (TPSA) is 50.8 Å². The molecule has 0 aliphatic carbocycles. The number of hydrogen-bond acceptors (Lipinski definition) is 4. The Morgan fingerprint density at radius 2 is 1.89 bits per heavy atom. The number of para-hydroxylation sites is 2. The maximum absolute atomic E-state index is 13.2. The van der Waals surface area contributed by atoms with Gasteiger partial charge in [0.05, 0.1) is 11.7 Å². The van der Waals surface area contributed by atoms with Crippen molar-refractivity contribution in [2.45, 2.75) is 31.5 Å². The predicted octanol–water partition coefficient (Wildman–Crippen LogP) is 4.33. The fourth-order valence-electron chi connectivity index (χ4n) is 3.66. The Morgan fingerprint density at radius 1 is 1.14 bits per heavy atom. The minimum atomic E-state index is -4.83. The SMILES string of the molecule is O=C1c2ccccc2N[C@H](c2ccccc2OC(F)(F)F)N1C[C@@H]1CCCO1. The summed E-state index contributed by atoms with van der Waals surface area (Å²) in [7, 11) is 0. The van der Waals surface area contributed by atoms with E-state index in [1.807, 2.05) is 0 Å². The van der Waals surface area contributed by atoms with Crippen molar-refractivity contribution in [1.29, 1.82) is 0 Å². The molecular formula is C20H19F3N2O3. The number of anilines is 1. The van der Waals surface area contributed by atoms with Crippen molar-refractivity contribution in [2.75, 3.05) is 18.5 Å². The molecular weight excluding hydrogens is 373 g/mol. The molecule has 0 saturated carbocycles. The number of nitrogens with zero attached hydrogens (tertiary/aromatic N) is 1. The molecule has 1 N–H and O–H groups in total. The van der Waals surface area contributed by atoms with Crippen molar-refractivity contribution >= 4 is 11.6 Å². The van der Waals surface area contributed by atoms with Gasteiger partial charge in [-0.25, -0.2) is 0 Å². The summed E-state index contributed by atoms with van der Waals surface area (Å²) in [6.45, 7) is 0.903. The van der Waals surface area contributed by atoms with Gasteiger partial charge < -0.3 is 19.7 Å². The number of rotatable bonds is 4. The van der Waals surface area contributed by atoms with Crippen molar-refractivity contribution in [3.63, 3.8) is 0 Å². The molecule has 2 heterocycles. The van der Waals surface area contributed by atoms with E-state index in [1.54, 1.807) is 30.3 Å². The Bertz CT molecular complexity index is 866. The number of nitrogens with one attached hydrogen (secondary N) is 1. The molecule has 4 rings (SSSR count). The third-order valence-electron chi connectivity index (χ3n) is 4.89. The molecule has 2 aromatic carbocycles. The third-order valence-corrected chi connectivity index (χ3v) is 4.89. The van der Waals surface area contributed by atoms with Gasteiger partial charge in [0.1, 0.15) is 11.9 Å². The Morgan fingerprint density at radius 3 is 2.64 bits per heavy atom. The number of carbonyl (C=O) groups is 1. The summed E-state index contributed by atoms with van der Waals surface area (Å²) < 4.78 is 48.5. The van der Waals surface area contributed by atoms with Crippen LogP contribution in [0.15, 0.2) is 48.5 Å². The smallest absolute Gasteiger partial charge is 0.405 e. The van der Waals surface area contributed by atoms with Crippen LogP contribution in [0.1, 0.15) is 34.9 Å². The molecule has 0 bridgehead atoms. The van der Waals surface area contributed by atoms with Crippen LogP contribution in [0.25, 0.3) is 0 Å². The quantitative estimate of drug-likeness (QED) is 0.842. The van der Waals surface area contributed by atoms with E-state index in [-0.39, 0.29) is 29.9 Å². The second-order valence-corrected chi connectivity index (χ2v) is 6.77. The van der Waals surface area contributed by atoms with Gasteiger partial charge in [0.25, 0.3) is 5.91 Å². The number of fused-ring (bicyclic) bond motifs is 1. The van der Waals surface area contributed by atoms with Gasteiger partial charge >= 0.3 is 6.36 Å². The van der Waals surface area contributed by atoms with Crippen LogP contribution in [0.2, 0.25) is 0 Å². The highest BCUT2D eigenvalue weighted by atomic mass is 19.4. The molecule has 2 atom stereocenters. The maximum atomic E-state index is 13.2. The van der Waals surface area contributed by atoms with E-state index in [9.17, 15) is 18.0 Å². The monoisotopic (exact) mass is 392 g/mol. The van der Waals surface area contributed by atoms with Crippen molar-refractivity contribution < 1.29 is 27.4 Å². The summed E-state index contributed by atoms with van der Waals surface area (Å²) in [6, 6.07) is 12.8. The lowest BCUT2D eigenvalue weighted by Gasteiger charge is -2.39. The fourth-order valence-corrected chi connectivity index (χ4v) is 3.66. The molecule has 1 fully saturated rings. The van der Waals surface area contributed by atoms with E-state index in [2.05, 4.69) is 10.1 Å². The van der Waals surface area contributed by atoms with Crippen molar-refractivity contribution in [3.8, 4) is 5.75 Å². The number of benzene rings is 2. The number of alkyl halides is 3. The highest BCUT2D eigenvalue weighted by molar-refractivity contribution is 6.01. The summed E-state index contributed by atoms with van der Waals surface area (Å²) in [5, 5.41) is 3.20. The Kier molecular flexibility index (Phi) is 4.89. The van der Waals surface area contributed by atoms with E-state index >= 15 is 0 Å². The zero-order chi connectivity index (χ0) is 19.7. The first-order chi connectivity index (χ1) is 13.4. The number of halogens is 3. The van der Waals surface area contributed by atoms with E-state index in [1.165, 1.54) is 23.1 Å². The first kappa shape index (κ1) is 18.6. The Labute approximate surface area is 160 Å². The van der Waals surface area contributed by atoms with Gasteiger partial charge in [0.15, 0.2) is 0 Å². The normalized spacial score (nSPS) is 22.0. The van der Waals surface area contributed by atoms with Gasteiger partial charge in [0.2, 0.25) is 0 Å². The zero-order valence-electron chi connectivity index (χ0n) is 14.9. The maximum Gasteiger partial charge on any atom is 0.573 e. The van der Waals surface area contributed by atoms with Crippen LogP contribution in [-0.2, 0) is 4.74 Å². The fraction of sp³-hybridized carbons (Fsp3) is 0.350. The van der Waals surface area contributed by atoms with Crippen LogP contribution < -0.4 is 10.1 Å². The highest BCUT2D eigenvalue weighted by Crippen LogP contribution is 2.38. The molecule has 28 heavy (non-hydrogen) atoms. The van der Waals surface area contributed by atoms with Crippen molar-refractivity contribution in [3.05, 3.63) is 59.7 Å². The lowest BCUT2D eigenvalue weighted by molar-refractivity contribution is -0.275. The van der Waals surface area contributed by atoms with Crippen LogP contribution >= 0.6 is 0 Å². The van der Waals surface area contributed by atoms with Gasteiger partial charge in [-0.2, -0.15) is 0 Å². The molecule has 148 valence electrons. The van der Waals surface area contributed by atoms with E-state index in [4.69, 9.17) is 4.74 Å². The zero-order valence-corrected chi connectivity index (χ0v) is 14.9. The summed E-state index contributed by atoms with van der Waals surface area (Å²) >= 11 is 0. The molecule has 1 amide bonds. The van der Waals surface area contributed by atoms with Gasteiger partial charge in [-0.05, 0) is 31.0 Å². The van der Waals surface area contributed by atoms with Crippen molar-refractivity contribution in [1.82, 2.24) is 4.90 Å². The van der Waals surface area contributed by atoms with Gasteiger partial charge in [-0.1, -0.05) is 30.3 Å². The van der Waals surface area contributed by atoms with E-state index in [0.717, 1.165) is 12.8 Å². The van der Waals surface area contributed by atoms with Crippen LogP contribution in [0.3, 0.4) is 0 Å². The molecule has 0 radical (unpaired) electrons. The van der Waals surface area contributed by atoms with Crippen LogP contribution in [0.4, 0.5) is 18.9 Å². The molecule has 0 aromatic heterocycles. The second kappa shape index (κ2) is 7.35. The molecule has 1 saturated heterocycles. The minimum absolute atomic E-state index is 0.144. The minimum Gasteiger partial charge on any atom is -0.405 e. The molecule has 5 nitrogen and oxygen atoms in total. The molecule has 0 unspecified atom stereocenters.